The molecule has 0 amide bonds. The van der Waals surface area contributed by atoms with Crippen LogP contribution in [0.25, 0.3) is 0 Å². The zero-order valence-corrected chi connectivity index (χ0v) is 19.1. The van der Waals surface area contributed by atoms with Crippen LogP contribution in [0.15, 0.2) is 78.9 Å². The Morgan fingerprint density at radius 2 is 1.32 bits per heavy atom. The van der Waals surface area contributed by atoms with Crippen molar-refractivity contribution in [3.05, 3.63) is 95.6 Å². The third kappa shape index (κ3) is 4.60. The van der Waals surface area contributed by atoms with Crippen molar-refractivity contribution in [2.24, 2.45) is 5.50 Å². The van der Waals surface area contributed by atoms with E-state index in [1.54, 1.807) is 14.2 Å². The van der Waals surface area contributed by atoms with Crippen LogP contribution in [0, 0.1) is 0 Å². The largest absolute Gasteiger partial charge is 0.496 e. The van der Waals surface area contributed by atoms with E-state index < -0.39 is 20.0 Å². The Balaban J connectivity index is 2.49. The zero-order valence-electron chi connectivity index (χ0n) is 18.2. The maximum atomic E-state index is 10.2. The first-order valence-corrected chi connectivity index (χ1v) is 11.6. The summed E-state index contributed by atoms with van der Waals surface area (Å²) in [6.45, 7) is 2.09. The summed E-state index contributed by atoms with van der Waals surface area (Å²) in [6.07, 6.45) is 1.04. The van der Waals surface area contributed by atoms with Crippen LogP contribution in [0.5, 0.6) is 11.5 Å². The summed E-state index contributed by atoms with van der Waals surface area (Å²) < 4.78 is 17.7. The van der Waals surface area contributed by atoms with Gasteiger partial charge in [0.15, 0.2) is 0 Å². The molecule has 0 saturated carbocycles. The van der Waals surface area contributed by atoms with Crippen LogP contribution in [-0.4, -0.2) is 25.2 Å². The van der Waals surface area contributed by atoms with Crippen LogP contribution in [-0.2, 0) is 9.94 Å². The summed E-state index contributed by atoms with van der Waals surface area (Å²) in [5, 5.41) is 0. The maximum absolute atomic E-state index is 10.2. The fourth-order valence-corrected chi connectivity index (χ4v) is 4.90. The van der Waals surface area contributed by atoms with Crippen LogP contribution in [0.2, 0.25) is 0 Å². The molecule has 0 aromatic heterocycles. The van der Waals surface area contributed by atoms with Gasteiger partial charge < -0.3 is 18.9 Å². The number of nitrogens with two attached hydrogens (primary N) is 1. The van der Waals surface area contributed by atoms with Crippen LogP contribution < -0.4 is 15.0 Å². The van der Waals surface area contributed by atoms with E-state index in [1.165, 1.54) is 0 Å². The van der Waals surface area contributed by atoms with Crippen molar-refractivity contribution >= 4 is 8.53 Å². The fourth-order valence-electron chi connectivity index (χ4n) is 4.37. The van der Waals surface area contributed by atoms with Crippen LogP contribution in [0.1, 0.15) is 36.5 Å². The predicted molar refractivity (Wildman–Crippen MR) is 125 cm³/mol. The molecule has 0 radical (unpaired) electrons. The third-order valence-electron chi connectivity index (χ3n) is 5.56. The van der Waals surface area contributed by atoms with Gasteiger partial charge in [0.1, 0.15) is 11.5 Å². The van der Waals surface area contributed by atoms with Crippen molar-refractivity contribution in [2.45, 2.75) is 31.3 Å². The second kappa shape index (κ2) is 10.7. The molecule has 3 N–H and O–H groups in total. The van der Waals surface area contributed by atoms with Crippen LogP contribution in [0.4, 0.5) is 0 Å². The SMILES string of the molecule is CCCC(OP(N)O)C(c1ccccc1)(c1ccccc1OC)c1ccccc1OC. The molecular weight excluding hydrogens is 409 g/mol. The lowest BCUT2D eigenvalue weighted by molar-refractivity contribution is 0.135. The first-order chi connectivity index (χ1) is 15.1. The van der Waals surface area contributed by atoms with Crippen molar-refractivity contribution in [3.8, 4) is 11.5 Å². The monoisotopic (exact) mass is 439 g/mol. The second-order valence-electron chi connectivity index (χ2n) is 7.26. The molecule has 5 nitrogen and oxygen atoms in total. The van der Waals surface area contributed by atoms with E-state index >= 15 is 0 Å². The second-order valence-corrected chi connectivity index (χ2v) is 8.08. The molecule has 0 spiro atoms. The molecule has 3 rings (SSSR count). The number of hydrogen-bond donors (Lipinski definition) is 2. The Labute approximate surface area is 185 Å². The highest BCUT2D eigenvalue weighted by molar-refractivity contribution is 7.43. The first kappa shape index (κ1) is 23.2. The highest BCUT2D eigenvalue weighted by atomic mass is 31.2. The van der Waals surface area contributed by atoms with E-state index in [4.69, 9.17) is 19.5 Å². The summed E-state index contributed by atoms with van der Waals surface area (Å²) >= 11 is 0. The molecule has 3 aromatic rings. The number of para-hydroxylation sites is 2. The van der Waals surface area contributed by atoms with Gasteiger partial charge in [-0.15, -0.1) is 0 Å². The highest BCUT2D eigenvalue weighted by Gasteiger charge is 2.48. The number of methoxy groups -OCH3 is 2. The van der Waals surface area contributed by atoms with E-state index in [0.717, 1.165) is 34.6 Å². The van der Waals surface area contributed by atoms with E-state index in [0.29, 0.717) is 6.42 Å². The Kier molecular flexibility index (Phi) is 8.05. The van der Waals surface area contributed by atoms with Gasteiger partial charge in [0.25, 0.3) is 0 Å². The topological polar surface area (TPSA) is 73.9 Å². The molecule has 6 heteroatoms. The number of ether oxygens (including phenoxy) is 2. The Bertz CT molecular complexity index is 917. The Morgan fingerprint density at radius 1 is 0.839 bits per heavy atom. The molecule has 0 fully saturated rings. The average molecular weight is 439 g/mol. The summed E-state index contributed by atoms with van der Waals surface area (Å²) in [7, 11) is 1.23. The minimum atomic E-state index is -2.10. The molecule has 0 aliphatic rings. The molecule has 3 aromatic carbocycles. The van der Waals surface area contributed by atoms with Crippen molar-refractivity contribution in [2.75, 3.05) is 14.2 Å². The standard InChI is InChI=1S/C25H30NO4P/c1-4-12-24(30-31(26)27)25(19-13-6-5-7-14-19,20-15-8-10-17-22(20)28-2)21-16-9-11-18-23(21)29-3/h5-11,13-18,24,27H,4,12,26H2,1-3H3. The zero-order chi connectivity index (χ0) is 22.3. The van der Waals surface area contributed by atoms with Crippen molar-refractivity contribution in [1.82, 2.24) is 0 Å². The summed E-state index contributed by atoms with van der Waals surface area (Å²) in [5.74, 6) is 1.45. The molecule has 0 aliphatic carbocycles. The van der Waals surface area contributed by atoms with Gasteiger partial charge in [-0.1, -0.05) is 80.1 Å². The van der Waals surface area contributed by atoms with E-state index in [-0.39, 0.29) is 0 Å². The third-order valence-corrected chi connectivity index (χ3v) is 6.03. The van der Waals surface area contributed by atoms with Gasteiger partial charge in [0.2, 0.25) is 8.53 Å². The fraction of sp³-hybridized carbons (Fsp3) is 0.280. The normalized spacial score (nSPS) is 13.5. The van der Waals surface area contributed by atoms with Crippen molar-refractivity contribution in [1.29, 1.82) is 0 Å². The van der Waals surface area contributed by atoms with Gasteiger partial charge in [0.05, 0.1) is 25.7 Å². The summed E-state index contributed by atoms with van der Waals surface area (Å²) in [6, 6.07) is 25.9. The molecule has 2 unspecified atom stereocenters. The average Bonchev–Trinajstić information content (AvgIpc) is 2.80. The summed E-state index contributed by atoms with van der Waals surface area (Å²) in [4.78, 5) is 10.2. The Hall–Kier alpha value is -2.43. The number of hydrogen-bond acceptors (Lipinski definition) is 5. The van der Waals surface area contributed by atoms with E-state index in [1.807, 2.05) is 66.7 Å². The van der Waals surface area contributed by atoms with Gasteiger partial charge in [0, 0.05) is 11.1 Å². The molecule has 164 valence electrons. The lowest BCUT2D eigenvalue weighted by atomic mass is 9.64. The molecular formula is C25H30NO4P. The quantitative estimate of drug-likeness (QED) is 0.327. The predicted octanol–water partition coefficient (Wildman–Crippen LogP) is 5.40. The molecule has 31 heavy (non-hydrogen) atoms. The molecule has 0 bridgehead atoms. The molecule has 0 saturated heterocycles. The minimum Gasteiger partial charge on any atom is -0.496 e. The lowest BCUT2D eigenvalue weighted by Gasteiger charge is -2.43. The van der Waals surface area contributed by atoms with E-state index in [9.17, 15) is 4.89 Å². The minimum absolute atomic E-state index is 0.464. The maximum Gasteiger partial charge on any atom is 0.250 e. The molecule has 2 atom stereocenters. The smallest absolute Gasteiger partial charge is 0.250 e. The van der Waals surface area contributed by atoms with Crippen LogP contribution >= 0.6 is 8.53 Å². The lowest BCUT2D eigenvalue weighted by Crippen LogP contribution is -2.43. The number of rotatable bonds is 10. The Morgan fingerprint density at radius 3 is 1.77 bits per heavy atom. The van der Waals surface area contributed by atoms with Gasteiger partial charge in [-0.2, -0.15) is 0 Å². The summed E-state index contributed by atoms with van der Waals surface area (Å²) in [5.41, 5.74) is 7.84. The van der Waals surface area contributed by atoms with Gasteiger partial charge in [-0.25, -0.2) is 0 Å². The number of benzene rings is 3. The van der Waals surface area contributed by atoms with Crippen LogP contribution in [0.3, 0.4) is 0 Å². The molecule has 0 aliphatic heterocycles. The first-order valence-electron chi connectivity index (χ1n) is 10.3. The molecule has 0 heterocycles. The van der Waals surface area contributed by atoms with Gasteiger partial charge in [-0.3, -0.25) is 5.50 Å². The van der Waals surface area contributed by atoms with Gasteiger partial charge >= 0.3 is 0 Å². The van der Waals surface area contributed by atoms with Crippen molar-refractivity contribution in [3.63, 3.8) is 0 Å². The highest BCUT2D eigenvalue weighted by Crippen LogP contribution is 2.52. The van der Waals surface area contributed by atoms with Gasteiger partial charge in [-0.05, 0) is 24.1 Å². The van der Waals surface area contributed by atoms with Crippen molar-refractivity contribution < 1.29 is 18.9 Å². The van der Waals surface area contributed by atoms with E-state index in [2.05, 4.69) is 19.1 Å².